The van der Waals surface area contributed by atoms with Crippen LogP contribution in [-0.2, 0) is 6.18 Å². The van der Waals surface area contributed by atoms with Crippen LogP contribution in [0.15, 0.2) is 48.5 Å². The third-order valence-corrected chi connectivity index (χ3v) is 4.28. The number of ether oxygens (including phenoxy) is 1. The van der Waals surface area contributed by atoms with Gasteiger partial charge in [-0.1, -0.05) is 0 Å². The second-order valence-electron chi connectivity index (χ2n) is 4.51. The van der Waals surface area contributed by atoms with Crippen molar-refractivity contribution >= 4 is 19.4 Å². The summed E-state index contributed by atoms with van der Waals surface area (Å²) in [6, 6.07) is 12.9. The topological polar surface area (TPSA) is 9.23 Å². The Morgan fingerprint density at radius 3 is 2.50 bits per heavy atom. The van der Waals surface area contributed by atoms with Crippen LogP contribution < -0.4 is 9.20 Å². The molecule has 2 rings (SSSR count). The van der Waals surface area contributed by atoms with Gasteiger partial charge in [0.2, 0.25) is 0 Å². The summed E-state index contributed by atoms with van der Waals surface area (Å²) in [5, 5.41) is 0. The number of alkyl halides is 3. The van der Waals surface area contributed by atoms with Crippen LogP contribution in [0, 0.1) is 17.7 Å². The van der Waals surface area contributed by atoms with Crippen molar-refractivity contribution in [1.82, 2.24) is 0 Å². The van der Waals surface area contributed by atoms with E-state index in [1.54, 1.807) is 6.07 Å². The monoisotopic (exact) mass is 370 g/mol. The van der Waals surface area contributed by atoms with Gasteiger partial charge in [-0.05, 0) is 0 Å². The number of halogens is 3. The summed E-state index contributed by atoms with van der Waals surface area (Å²) in [6.07, 6.45) is -4.31. The van der Waals surface area contributed by atoms with Gasteiger partial charge < -0.3 is 0 Å². The first-order chi connectivity index (χ1) is 10.4. The normalized spacial score (nSPS) is 10.7. The summed E-state index contributed by atoms with van der Waals surface area (Å²) in [6.45, 7) is 2.21. The molecule has 0 aliphatic heterocycles. The van der Waals surface area contributed by atoms with E-state index < -0.39 is 11.7 Å². The first kappa shape index (κ1) is 16.5. The van der Waals surface area contributed by atoms with Crippen LogP contribution in [0.25, 0.3) is 0 Å². The molecular formula is C17H13F3OSe. The van der Waals surface area contributed by atoms with Gasteiger partial charge in [-0.15, -0.1) is 0 Å². The third kappa shape index (κ3) is 5.14. The van der Waals surface area contributed by atoms with Gasteiger partial charge >= 0.3 is 133 Å². The maximum atomic E-state index is 12.6. The molecule has 5 heteroatoms. The SMILES string of the molecule is Cc1ccc(OCC#C[Se]c2cccc(C(F)(F)F)c2)cc1. The van der Waals surface area contributed by atoms with Gasteiger partial charge in [0.15, 0.2) is 0 Å². The summed E-state index contributed by atoms with van der Waals surface area (Å²) in [7, 11) is 0. The predicted molar refractivity (Wildman–Crippen MR) is 81.3 cm³/mol. The molecule has 0 bridgehead atoms. The average Bonchev–Trinajstić information content (AvgIpc) is 2.48. The van der Waals surface area contributed by atoms with E-state index in [9.17, 15) is 13.2 Å². The minimum atomic E-state index is -4.31. The zero-order chi connectivity index (χ0) is 16.0. The summed E-state index contributed by atoms with van der Waals surface area (Å²) in [4.78, 5) is 2.88. The van der Waals surface area contributed by atoms with E-state index in [2.05, 4.69) is 10.7 Å². The molecule has 0 fully saturated rings. The molecule has 0 aliphatic rings. The quantitative estimate of drug-likeness (QED) is 0.596. The van der Waals surface area contributed by atoms with E-state index in [1.807, 2.05) is 31.2 Å². The summed E-state index contributed by atoms with van der Waals surface area (Å²) in [5.41, 5.74) is 0.510. The van der Waals surface area contributed by atoms with E-state index in [0.717, 1.165) is 23.4 Å². The Morgan fingerprint density at radius 1 is 1.09 bits per heavy atom. The van der Waals surface area contributed by atoms with Crippen molar-refractivity contribution in [3.8, 4) is 16.5 Å². The van der Waals surface area contributed by atoms with Crippen molar-refractivity contribution in [2.75, 3.05) is 6.61 Å². The molecule has 0 atom stereocenters. The van der Waals surface area contributed by atoms with Crippen molar-refractivity contribution in [2.24, 2.45) is 0 Å². The standard InChI is InChI=1S/C17H13F3OSe/c1-13-6-8-15(9-7-13)21-10-3-11-22-16-5-2-4-14(12-16)17(18,19)20/h2,4-9,12H,10H2,1H3. The fraction of sp³-hybridized carbons (Fsp3) is 0.176. The Hall–Kier alpha value is -1.89. The van der Waals surface area contributed by atoms with Crippen molar-refractivity contribution in [1.29, 1.82) is 0 Å². The molecule has 0 spiro atoms. The van der Waals surface area contributed by atoms with Crippen LogP contribution >= 0.6 is 0 Å². The molecule has 2 aromatic carbocycles. The molecule has 0 aliphatic carbocycles. The average molecular weight is 369 g/mol. The van der Waals surface area contributed by atoms with Crippen LogP contribution in [0.3, 0.4) is 0 Å². The Morgan fingerprint density at radius 2 is 1.82 bits per heavy atom. The molecular weight excluding hydrogens is 356 g/mol. The van der Waals surface area contributed by atoms with E-state index in [4.69, 9.17) is 4.74 Å². The molecule has 0 N–H and O–H groups in total. The van der Waals surface area contributed by atoms with E-state index in [1.165, 1.54) is 6.07 Å². The van der Waals surface area contributed by atoms with Crippen molar-refractivity contribution in [2.45, 2.75) is 13.1 Å². The van der Waals surface area contributed by atoms with Gasteiger partial charge in [-0.3, -0.25) is 0 Å². The Labute approximate surface area is 133 Å². The zero-order valence-electron chi connectivity index (χ0n) is 11.8. The molecule has 0 amide bonds. The maximum absolute atomic E-state index is 12.6. The first-order valence-electron chi connectivity index (χ1n) is 6.46. The van der Waals surface area contributed by atoms with Gasteiger partial charge in [-0.2, -0.15) is 0 Å². The molecule has 22 heavy (non-hydrogen) atoms. The summed E-state index contributed by atoms with van der Waals surface area (Å²) >= 11 is -0.322. The van der Waals surface area contributed by atoms with Gasteiger partial charge in [0.05, 0.1) is 0 Å². The summed E-state index contributed by atoms with van der Waals surface area (Å²) < 4.78 is 43.8. The number of rotatable bonds is 3. The molecule has 0 aromatic heterocycles. The molecule has 0 heterocycles. The predicted octanol–water partition coefficient (Wildman–Crippen LogP) is 3.38. The number of benzene rings is 2. The van der Waals surface area contributed by atoms with Crippen LogP contribution in [-0.4, -0.2) is 21.6 Å². The number of aryl methyl sites for hydroxylation is 1. The molecule has 0 radical (unpaired) electrons. The van der Waals surface area contributed by atoms with Gasteiger partial charge in [0.25, 0.3) is 0 Å². The van der Waals surface area contributed by atoms with Gasteiger partial charge in [0.1, 0.15) is 0 Å². The second kappa shape index (κ2) is 7.40. The van der Waals surface area contributed by atoms with E-state index in [-0.39, 0.29) is 21.6 Å². The number of hydrogen-bond acceptors (Lipinski definition) is 1. The zero-order valence-corrected chi connectivity index (χ0v) is 13.5. The molecule has 0 saturated carbocycles. The minimum absolute atomic E-state index is 0.226. The first-order valence-corrected chi connectivity index (χ1v) is 8.18. The fourth-order valence-electron chi connectivity index (χ4n) is 1.61. The third-order valence-electron chi connectivity index (χ3n) is 2.73. The van der Waals surface area contributed by atoms with Gasteiger partial charge in [0, 0.05) is 0 Å². The Balaban J connectivity index is 1.87. The molecule has 0 saturated heterocycles. The molecule has 0 unspecified atom stereocenters. The van der Waals surface area contributed by atoms with Crippen LogP contribution in [0.1, 0.15) is 11.1 Å². The van der Waals surface area contributed by atoms with Crippen molar-refractivity contribution in [3.63, 3.8) is 0 Å². The van der Waals surface area contributed by atoms with Gasteiger partial charge in [-0.25, -0.2) is 0 Å². The molecule has 1 nitrogen and oxygen atoms in total. The fourth-order valence-corrected chi connectivity index (χ4v) is 2.83. The Bertz CT molecular complexity index is 682. The molecule has 2 aromatic rings. The van der Waals surface area contributed by atoms with Crippen LogP contribution in [0.5, 0.6) is 5.75 Å². The van der Waals surface area contributed by atoms with Crippen LogP contribution in [0.4, 0.5) is 13.2 Å². The van der Waals surface area contributed by atoms with E-state index in [0.29, 0.717) is 4.46 Å². The number of hydrogen-bond donors (Lipinski definition) is 0. The summed E-state index contributed by atoms with van der Waals surface area (Å²) in [5.74, 6) is 3.56. The van der Waals surface area contributed by atoms with Crippen molar-refractivity contribution < 1.29 is 17.9 Å². The van der Waals surface area contributed by atoms with Crippen LogP contribution in [0.2, 0.25) is 0 Å². The molecule has 114 valence electrons. The van der Waals surface area contributed by atoms with Crippen molar-refractivity contribution in [3.05, 3.63) is 59.7 Å². The second-order valence-corrected chi connectivity index (χ2v) is 6.35. The Kier molecular flexibility index (Phi) is 5.54. The van der Waals surface area contributed by atoms with E-state index >= 15 is 0 Å².